The number of aromatic nitrogens is 1. The van der Waals surface area contributed by atoms with Crippen molar-refractivity contribution in [2.24, 2.45) is 21.7 Å². The molecule has 4 nitrogen and oxygen atoms in total. The number of benzene rings is 1. The summed E-state index contributed by atoms with van der Waals surface area (Å²) in [5.74, 6) is -0.499. The molecule has 1 aromatic heterocycles. The minimum absolute atomic E-state index is 0.105. The highest BCUT2D eigenvalue weighted by atomic mass is 32.2. The first kappa shape index (κ1) is 21.6. The molecule has 156 valence electrons. The Balaban J connectivity index is 2.07. The molecule has 0 bridgehead atoms. The number of halogens is 1. The average Bonchev–Trinajstić information content (AvgIpc) is 2.58. The van der Waals surface area contributed by atoms with Crippen molar-refractivity contribution < 1.29 is 12.8 Å². The molecule has 0 radical (unpaired) electrons. The van der Waals surface area contributed by atoms with E-state index in [0.717, 1.165) is 36.4 Å². The summed E-state index contributed by atoms with van der Waals surface area (Å²) in [6.45, 7) is 13.1. The van der Waals surface area contributed by atoms with Gasteiger partial charge in [0.15, 0.2) is 0 Å². The van der Waals surface area contributed by atoms with Crippen molar-refractivity contribution in [2.75, 3.05) is 0 Å². The zero-order valence-corrected chi connectivity index (χ0v) is 18.8. The zero-order chi connectivity index (χ0) is 21.6. The van der Waals surface area contributed by atoms with E-state index in [1.54, 1.807) is 12.1 Å². The predicted octanol–water partition coefficient (Wildman–Crippen LogP) is 5.78. The number of fused-ring (bicyclic) bond motifs is 1. The molecular formula is C23H29FN2O2S. The Bertz CT molecular complexity index is 1060. The normalized spacial score (nSPS) is 17.6. The lowest BCUT2D eigenvalue weighted by atomic mass is 9.71. The van der Waals surface area contributed by atoms with Gasteiger partial charge < -0.3 is 0 Å². The van der Waals surface area contributed by atoms with Gasteiger partial charge >= 0.3 is 0 Å². The molecule has 0 fully saturated rings. The van der Waals surface area contributed by atoms with E-state index < -0.39 is 15.8 Å². The smallest absolute Gasteiger partial charge is 0.214 e. The van der Waals surface area contributed by atoms with Gasteiger partial charge in [0.25, 0.3) is 0 Å². The molecule has 0 spiro atoms. The summed E-state index contributed by atoms with van der Waals surface area (Å²) < 4.78 is 39.4. The molecule has 2 aromatic rings. The molecule has 1 atom stereocenters. The number of rotatable bonds is 3. The predicted molar refractivity (Wildman–Crippen MR) is 114 cm³/mol. The third-order valence-corrected chi connectivity index (χ3v) is 6.85. The van der Waals surface area contributed by atoms with Gasteiger partial charge in [0.2, 0.25) is 15.8 Å². The van der Waals surface area contributed by atoms with E-state index in [0.29, 0.717) is 11.6 Å². The summed E-state index contributed by atoms with van der Waals surface area (Å²) in [7, 11) is -3.84. The van der Waals surface area contributed by atoms with E-state index >= 15 is 0 Å². The van der Waals surface area contributed by atoms with Gasteiger partial charge in [-0.15, -0.1) is 0 Å². The van der Waals surface area contributed by atoms with E-state index in [1.165, 1.54) is 6.07 Å². The monoisotopic (exact) mass is 416 g/mol. The highest BCUT2D eigenvalue weighted by Gasteiger charge is 2.34. The third kappa shape index (κ3) is 4.74. The molecule has 1 aliphatic heterocycles. The summed E-state index contributed by atoms with van der Waals surface area (Å²) in [5.41, 5.74) is 2.90. The molecule has 0 saturated carbocycles. The minimum Gasteiger partial charge on any atom is -0.257 e. The van der Waals surface area contributed by atoms with E-state index in [-0.39, 0.29) is 20.6 Å². The first-order chi connectivity index (χ1) is 13.3. The maximum Gasteiger partial charge on any atom is 0.214 e. The van der Waals surface area contributed by atoms with E-state index in [2.05, 4.69) is 46.5 Å². The van der Waals surface area contributed by atoms with Gasteiger partial charge in [0.1, 0.15) is 0 Å². The molecule has 3 rings (SSSR count). The summed E-state index contributed by atoms with van der Waals surface area (Å²) >= 11 is 0. The Hall–Kier alpha value is -2.08. The van der Waals surface area contributed by atoms with E-state index in [9.17, 15) is 12.8 Å². The average molecular weight is 417 g/mol. The SMILES string of the molecule is CC(C)(C)CC1Cc2ccc(S(=O)(=O)c3ccnc(F)c3)cc2N=C1C(C)(C)C. The topological polar surface area (TPSA) is 59.4 Å². The van der Waals surface area contributed by atoms with Crippen molar-refractivity contribution >= 4 is 21.2 Å². The second-order valence-corrected chi connectivity index (χ2v) is 12.0. The fourth-order valence-electron chi connectivity index (χ4n) is 3.95. The van der Waals surface area contributed by atoms with Crippen LogP contribution in [0.5, 0.6) is 0 Å². The van der Waals surface area contributed by atoms with Crippen molar-refractivity contribution in [3.8, 4) is 0 Å². The largest absolute Gasteiger partial charge is 0.257 e. The molecule has 0 saturated heterocycles. The van der Waals surface area contributed by atoms with Gasteiger partial charge in [-0.1, -0.05) is 47.6 Å². The van der Waals surface area contributed by atoms with Crippen LogP contribution in [-0.2, 0) is 16.3 Å². The van der Waals surface area contributed by atoms with Crippen molar-refractivity contribution in [1.29, 1.82) is 0 Å². The van der Waals surface area contributed by atoms with Crippen molar-refractivity contribution in [2.45, 2.75) is 64.2 Å². The highest BCUT2D eigenvalue weighted by Crippen LogP contribution is 2.41. The maximum atomic E-state index is 13.4. The van der Waals surface area contributed by atoms with Crippen molar-refractivity contribution in [3.63, 3.8) is 0 Å². The van der Waals surface area contributed by atoms with Gasteiger partial charge in [-0.25, -0.2) is 13.4 Å². The quantitative estimate of drug-likeness (QED) is 0.596. The standard InChI is InChI=1S/C23H29FN2O2S/c1-22(2,3)14-16-11-15-7-8-17(12-19(15)26-21(16)23(4,5)6)29(27,28)18-9-10-25-20(24)13-18/h7-10,12-13,16H,11,14H2,1-6H3. The second-order valence-electron chi connectivity index (χ2n) is 10.0. The van der Waals surface area contributed by atoms with Gasteiger partial charge in [0.05, 0.1) is 15.5 Å². The lowest BCUT2D eigenvalue weighted by Gasteiger charge is -2.36. The number of hydrogen-bond donors (Lipinski definition) is 0. The van der Waals surface area contributed by atoms with Crippen LogP contribution in [0.1, 0.15) is 53.5 Å². The van der Waals surface area contributed by atoms with Gasteiger partial charge in [-0.2, -0.15) is 4.39 Å². The molecular weight excluding hydrogens is 387 g/mol. The molecule has 2 heterocycles. The Morgan fingerprint density at radius 1 is 1.03 bits per heavy atom. The summed E-state index contributed by atoms with van der Waals surface area (Å²) in [5, 5.41) is 0. The Morgan fingerprint density at radius 2 is 1.69 bits per heavy atom. The number of pyridine rings is 1. The number of nitrogens with zero attached hydrogens (tertiary/aromatic N) is 2. The van der Waals surface area contributed by atoms with Gasteiger partial charge in [-0.3, -0.25) is 4.99 Å². The molecule has 1 aromatic carbocycles. The first-order valence-electron chi connectivity index (χ1n) is 9.86. The van der Waals surface area contributed by atoms with Gasteiger partial charge in [0, 0.05) is 29.3 Å². The van der Waals surface area contributed by atoms with Crippen LogP contribution in [0.15, 0.2) is 51.3 Å². The molecule has 0 N–H and O–H groups in total. The molecule has 1 unspecified atom stereocenters. The first-order valence-corrected chi connectivity index (χ1v) is 11.3. The lowest BCUT2D eigenvalue weighted by molar-refractivity contribution is 0.323. The van der Waals surface area contributed by atoms with Crippen LogP contribution in [0.25, 0.3) is 0 Å². The fourth-order valence-corrected chi connectivity index (χ4v) is 5.23. The van der Waals surface area contributed by atoms with Crippen molar-refractivity contribution in [1.82, 2.24) is 4.98 Å². The van der Waals surface area contributed by atoms with Crippen LogP contribution in [0.3, 0.4) is 0 Å². The Kier molecular flexibility index (Phi) is 5.45. The summed E-state index contributed by atoms with van der Waals surface area (Å²) in [6.07, 6.45) is 3.01. The molecule has 29 heavy (non-hydrogen) atoms. The zero-order valence-electron chi connectivity index (χ0n) is 18.0. The number of hydrogen-bond acceptors (Lipinski definition) is 4. The van der Waals surface area contributed by atoms with Crippen LogP contribution < -0.4 is 0 Å². The summed E-state index contributed by atoms with van der Waals surface area (Å²) in [4.78, 5) is 8.39. The molecule has 0 amide bonds. The van der Waals surface area contributed by atoms with Crippen LogP contribution in [0, 0.1) is 22.7 Å². The maximum absolute atomic E-state index is 13.4. The molecule has 0 aliphatic carbocycles. The minimum atomic E-state index is -3.84. The number of sulfone groups is 1. The van der Waals surface area contributed by atoms with E-state index in [4.69, 9.17) is 4.99 Å². The lowest BCUT2D eigenvalue weighted by Crippen LogP contribution is -2.34. The highest BCUT2D eigenvalue weighted by molar-refractivity contribution is 7.91. The Morgan fingerprint density at radius 3 is 2.28 bits per heavy atom. The Labute approximate surface area is 173 Å². The second kappa shape index (κ2) is 7.31. The van der Waals surface area contributed by atoms with Gasteiger partial charge in [-0.05, 0) is 42.0 Å². The van der Waals surface area contributed by atoms with Crippen LogP contribution >= 0.6 is 0 Å². The molecule has 1 aliphatic rings. The number of aliphatic imine (C=N–C) groups is 1. The van der Waals surface area contributed by atoms with E-state index in [1.807, 2.05) is 6.07 Å². The van der Waals surface area contributed by atoms with Crippen LogP contribution in [0.2, 0.25) is 0 Å². The fraction of sp³-hybridized carbons (Fsp3) is 0.478. The summed E-state index contributed by atoms with van der Waals surface area (Å²) in [6, 6.07) is 7.30. The van der Waals surface area contributed by atoms with Crippen LogP contribution in [-0.4, -0.2) is 19.1 Å². The van der Waals surface area contributed by atoms with Crippen molar-refractivity contribution in [3.05, 3.63) is 48.0 Å². The third-order valence-electron chi connectivity index (χ3n) is 5.10. The molecule has 6 heteroatoms. The van der Waals surface area contributed by atoms with Crippen LogP contribution in [0.4, 0.5) is 10.1 Å².